The Morgan fingerprint density at radius 3 is 2.62 bits per heavy atom. The first-order valence-electron chi connectivity index (χ1n) is 8.34. The van der Waals surface area contributed by atoms with E-state index in [-0.39, 0.29) is 18.3 Å². The van der Waals surface area contributed by atoms with Gasteiger partial charge in [0.25, 0.3) is 5.91 Å². The van der Waals surface area contributed by atoms with Gasteiger partial charge in [0, 0.05) is 24.6 Å². The van der Waals surface area contributed by atoms with E-state index in [1.54, 1.807) is 14.0 Å². The molecule has 0 heterocycles. The minimum atomic E-state index is -3.17. The lowest BCUT2D eigenvalue weighted by atomic mass is 10.1. The molecule has 0 radical (unpaired) electrons. The van der Waals surface area contributed by atoms with Gasteiger partial charge in [-0.25, -0.2) is 12.7 Å². The van der Waals surface area contributed by atoms with Gasteiger partial charge in [-0.05, 0) is 48.4 Å². The van der Waals surface area contributed by atoms with Gasteiger partial charge in [0.2, 0.25) is 10.0 Å². The third-order valence-electron chi connectivity index (χ3n) is 3.96. The SMILES string of the molecule is CCS(=O)(=O)N(C)CCCNC(=O)COc1ccc2cc(Br)ccc2c1. The van der Waals surface area contributed by atoms with Crippen molar-refractivity contribution in [1.82, 2.24) is 9.62 Å². The number of amides is 1. The van der Waals surface area contributed by atoms with Gasteiger partial charge in [-0.15, -0.1) is 0 Å². The van der Waals surface area contributed by atoms with Gasteiger partial charge in [0.05, 0.1) is 5.75 Å². The number of sulfonamides is 1. The van der Waals surface area contributed by atoms with Crippen LogP contribution in [0.25, 0.3) is 10.8 Å². The topological polar surface area (TPSA) is 75.7 Å². The summed E-state index contributed by atoms with van der Waals surface area (Å²) in [6.07, 6.45) is 0.548. The number of carbonyl (C=O) groups is 1. The highest BCUT2D eigenvalue weighted by Crippen LogP contribution is 2.24. The largest absolute Gasteiger partial charge is 0.484 e. The molecule has 26 heavy (non-hydrogen) atoms. The second-order valence-corrected chi connectivity index (χ2v) is 9.15. The molecule has 1 N–H and O–H groups in total. The van der Waals surface area contributed by atoms with Gasteiger partial charge in [0.15, 0.2) is 6.61 Å². The van der Waals surface area contributed by atoms with Crippen molar-refractivity contribution in [2.75, 3.05) is 32.5 Å². The molecule has 0 aliphatic rings. The van der Waals surface area contributed by atoms with Crippen LogP contribution >= 0.6 is 15.9 Å². The van der Waals surface area contributed by atoms with E-state index in [2.05, 4.69) is 21.2 Å². The lowest BCUT2D eigenvalue weighted by Crippen LogP contribution is -2.34. The molecule has 0 unspecified atom stereocenters. The normalized spacial score (nSPS) is 11.7. The summed E-state index contributed by atoms with van der Waals surface area (Å²) >= 11 is 3.43. The fourth-order valence-electron chi connectivity index (χ4n) is 2.37. The Morgan fingerprint density at radius 1 is 1.19 bits per heavy atom. The van der Waals surface area contributed by atoms with Gasteiger partial charge in [-0.2, -0.15) is 0 Å². The van der Waals surface area contributed by atoms with Gasteiger partial charge >= 0.3 is 0 Å². The predicted octanol–water partition coefficient (Wildman–Crippen LogP) is 2.77. The minimum Gasteiger partial charge on any atom is -0.484 e. The molecule has 6 nitrogen and oxygen atoms in total. The first-order chi connectivity index (χ1) is 12.3. The molecule has 1 amide bonds. The van der Waals surface area contributed by atoms with E-state index >= 15 is 0 Å². The second kappa shape index (κ2) is 9.34. The number of halogens is 1. The van der Waals surface area contributed by atoms with Crippen molar-refractivity contribution in [2.24, 2.45) is 0 Å². The van der Waals surface area contributed by atoms with Gasteiger partial charge in [-0.1, -0.05) is 28.1 Å². The Kier molecular flexibility index (Phi) is 7.43. The third-order valence-corrected chi connectivity index (χ3v) is 6.31. The van der Waals surface area contributed by atoms with Crippen LogP contribution in [-0.2, 0) is 14.8 Å². The molecule has 0 aliphatic heterocycles. The van der Waals surface area contributed by atoms with Crippen LogP contribution < -0.4 is 10.1 Å². The number of fused-ring (bicyclic) bond motifs is 1. The number of hydrogen-bond acceptors (Lipinski definition) is 4. The van der Waals surface area contributed by atoms with Crippen molar-refractivity contribution >= 4 is 42.6 Å². The quantitative estimate of drug-likeness (QED) is 0.605. The van der Waals surface area contributed by atoms with E-state index in [9.17, 15) is 13.2 Å². The maximum absolute atomic E-state index is 11.8. The molecule has 0 saturated carbocycles. The number of ether oxygens (including phenoxy) is 1. The summed E-state index contributed by atoms with van der Waals surface area (Å²) in [7, 11) is -1.63. The maximum Gasteiger partial charge on any atom is 0.257 e. The number of hydrogen-bond donors (Lipinski definition) is 1. The van der Waals surface area contributed by atoms with Crippen LogP contribution in [0.15, 0.2) is 40.9 Å². The Morgan fingerprint density at radius 2 is 1.88 bits per heavy atom. The van der Waals surface area contributed by atoms with Crippen molar-refractivity contribution < 1.29 is 17.9 Å². The Balaban J connectivity index is 1.74. The van der Waals surface area contributed by atoms with Crippen LogP contribution in [0.1, 0.15) is 13.3 Å². The lowest BCUT2D eigenvalue weighted by molar-refractivity contribution is -0.123. The first kappa shape index (κ1) is 20.7. The summed E-state index contributed by atoms with van der Waals surface area (Å²) in [6, 6.07) is 11.6. The number of benzene rings is 2. The Hall–Kier alpha value is -1.64. The third kappa shape index (κ3) is 5.96. The van der Waals surface area contributed by atoms with E-state index in [0.717, 1.165) is 15.2 Å². The van der Waals surface area contributed by atoms with Crippen LogP contribution in [0.3, 0.4) is 0 Å². The molecule has 0 fully saturated rings. The Bertz CT molecular complexity index is 871. The van der Waals surface area contributed by atoms with E-state index in [0.29, 0.717) is 25.3 Å². The van der Waals surface area contributed by atoms with Crippen LogP contribution in [0.4, 0.5) is 0 Å². The highest BCUT2D eigenvalue weighted by atomic mass is 79.9. The van der Waals surface area contributed by atoms with Gasteiger partial charge < -0.3 is 10.1 Å². The molecule has 2 aromatic carbocycles. The van der Waals surface area contributed by atoms with E-state index in [1.807, 2.05) is 36.4 Å². The fourth-order valence-corrected chi connectivity index (χ4v) is 3.60. The van der Waals surface area contributed by atoms with Crippen LogP contribution in [0, 0.1) is 0 Å². The monoisotopic (exact) mass is 442 g/mol. The number of nitrogens with zero attached hydrogens (tertiary/aromatic N) is 1. The standard InChI is InChI=1S/C18H23BrN2O4S/c1-3-26(23,24)21(2)10-4-9-20-18(22)13-25-17-8-6-14-11-16(19)7-5-15(14)12-17/h5-8,11-12H,3-4,9-10,13H2,1-2H3,(H,20,22). The zero-order valence-electron chi connectivity index (χ0n) is 14.9. The van der Waals surface area contributed by atoms with Crippen molar-refractivity contribution in [1.29, 1.82) is 0 Å². The van der Waals surface area contributed by atoms with E-state index in [4.69, 9.17) is 4.74 Å². The first-order valence-corrected chi connectivity index (χ1v) is 10.7. The van der Waals surface area contributed by atoms with Crippen molar-refractivity contribution in [2.45, 2.75) is 13.3 Å². The maximum atomic E-state index is 11.8. The van der Waals surface area contributed by atoms with Gasteiger partial charge in [-0.3, -0.25) is 4.79 Å². The molecular weight excluding hydrogens is 420 g/mol. The summed E-state index contributed by atoms with van der Waals surface area (Å²) in [5, 5.41) is 4.85. The average Bonchev–Trinajstić information content (AvgIpc) is 2.63. The molecule has 0 aromatic heterocycles. The predicted molar refractivity (Wildman–Crippen MR) is 107 cm³/mol. The summed E-state index contributed by atoms with van der Waals surface area (Å²) in [5.74, 6) is 0.470. The molecule has 0 saturated heterocycles. The van der Waals surface area contributed by atoms with E-state index < -0.39 is 10.0 Å². The van der Waals surface area contributed by atoms with Crippen molar-refractivity contribution in [3.8, 4) is 5.75 Å². The van der Waals surface area contributed by atoms with Crippen LogP contribution in [0.5, 0.6) is 5.75 Å². The minimum absolute atomic E-state index is 0.0758. The molecule has 8 heteroatoms. The molecule has 2 aromatic rings. The van der Waals surface area contributed by atoms with Crippen LogP contribution in [-0.4, -0.2) is 51.1 Å². The fraction of sp³-hybridized carbons (Fsp3) is 0.389. The number of nitrogens with one attached hydrogen (secondary N) is 1. The molecular formula is C18H23BrN2O4S. The molecule has 142 valence electrons. The van der Waals surface area contributed by atoms with Crippen LogP contribution in [0.2, 0.25) is 0 Å². The molecule has 0 aliphatic carbocycles. The highest BCUT2D eigenvalue weighted by Gasteiger charge is 2.14. The molecule has 0 bridgehead atoms. The summed E-state index contributed by atoms with van der Waals surface area (Å²) in [6.45, 7) is 2.30. The van der Waals surface area contributed by atoms with Crippen molar-refractivity contribution in [3.63, 3.8) is 0 Å². The molecule has 0 spiro atoms. The molecule has 2 rings (SSSR count). The number of carbonyl (C=O) groups excluding carboxylic acids is 1. The van der Waals surface area contributed by atoms with E-state index in [1.165, 1.54) is 4.31 Å². The van der Waals surface area contributed by atoms with Crippen molar-refractivity contribution in [3.05, 3.63) is 40.9 Å². The van der Waals surface area contributed by atoms with Gasteiger partial charge in [0.1, 0.15) is 5.75 Å². The summed E-state index contributed by atoms with van der Waals surface area (Å²) < 4.78 is 31.1. The zero-order valence-corrected chi connectivity index (χ0v) is 17.3. The lowest BCUT2D eigenvalue weighted by Gasteiger charge is -2.15. The summed E-state index contributed by atoms with van der Waals surface area (Å²) in [5.41, 5.74) is 0. The highest BCUT2D eigenvalue weighted by molar-refractivity contribution is 9.10. The second-order valence-electron chi connectivity index (χ2n) is 5.87. The smallest absolute Gasteiger partial charge is 0.257 e. The average molecular weight is 443 g/mol. The number of rotatable bonds is 9. The summed E-state index contributed by atoms with van der Waals surface area (Å²) in [4.78, 5) is 11.8. The molecule has 0 atom stereocenters. The zero-order chi connectivity index (χ0) is 19.2. The Labute approximate surface area is 162 Å².